The number of carbonyl (C=O) groups is 1. The molecule has 4 rings (SSSR count). The Morgan fingerprint density at radius 2 is 1.86 bits per heavy atom. The molecule has 1 saturated heterocycles. The number of rotatable bonds is 10. The van der Waals surface area contributed by atoms with Gasteiger partial charge in [-0.25, -0.2) is 13.8 Å². The zero-order chi connectivity index (χ0) is 25.2. The van der Waals surface area contributed by atoms with Crippen LogP contribution in [0.3, 0.4) is 0 Å². The average molecular weight is 498 g/mol. The van der Waals surface area contributed by atoms with Crippen LogP contribution in [-0.4, -0.2) is 48.7 Å². The lowest BCUT2D eigenvalue weighted by molar-refractivity contribution is -0.143. The van der Waals surface area contributed by atoms with Crippen LogP contribution in [-0.2, 0) is 4.79 Å². The van der Waals surface area contributed by atoms with E-state index >= 15 is 0 Å². The van der Waals surface area contributed by atoms with Gasteiger partial charge in [0.25, 0.3) is 5.92 Å². The zero-order valence-corrected chi connectivity index (χ0v) is 19.2. The Labute approximate surface area is 200 Å². The molecule has 2 heterocycles. The average Bonchev–Trinajstić information content (AvgIpc) is 3.19. The van der Waals surface area contributed by atoms with E-state index < -0.39 is 42.6 Å². The van der Waals surface area contributed by atoms with Crippen molar-refractivity contribution < 1.29 is 36.2 Å². The Morgan fingerprint density at radius 1 is 1.17 bits per heavy atom. The second-order valence-electron chi connectivity index (χ2n) is 9.17. The van der Waals surface area contributed by atoms with Crippen LogP contribution in [0.2, 0.25) is 0 Å². The molecule has 1 saturated carbocycles. The van der Waals surface area contributed by atoms with Gasteiger partial charge in [-0.1, -0.05) is 19.1 Å². The molecular formula is C25H27F5N2O3. The number of alkyl halides is 5. The summed E-state index contributed by atoms with van der Waals surface area (Å²) < 4.78 is 74.4. The van der Waals surface area contributed by atoms with Gasteiger partial charge in [0.15, 0.2) is 0 Å². The number of ketones is 1. The molecule has 2 aromatic rings. The van der Waals surface area contributed by atoms with Crippen molar-refractivity contribution >= 4 is 11.6 Å². The van der Waals surface area contributed by atoms with Gasteiger partial charge in [-0.2, -0.15) is 13.2 Å². The third kappa shape index (κ3) is 6.82. The van der Waals surface area contributed by atoms with E-state index in [2.05, 4.69) is 9.88 Å². The number of hydrogen-bond donors (Lipinski definition) is 0. The third-order valence-corrected chi connectivity index (χ3v) is 6.42. The van der Waals surface area contributed by atoms with Crippen molar-refractivity contribution in [3.05, 3.63) is 48.2 Å². The van der Waals surface area contributed by atoms with Crippen molar-refractivity contribution in [1.29, 1.82) is 0 Å². The number of anilines is 1. The van der Waals surface area contributed by atoms with Crippen LogP contribution in [0.5, 0.6) is 11.5 Å². The number of Topliss-reactive ketones (excluding diaryl/α,β-unsaturated/α-hetero) is 1. The Kier molecular flexibility index (Phi) is 7.19. The van der Waals surface area contributed by atoms with Crippen molar-refractivity contribution in [2.24, 2.45) is 5.92 Å². The van der Waals surface area contributed by atoms with E-state index in [1.54, 1.807) is 43.3 Å². The van der Waals surface area contributed by atoms with E-state index in [-0.39, 0.29) is 19.1 Å². The van der Waals surface area contributed by atoms with Gasteiger partial charge >= 0.3 is 6.18 Å². The van der Waals surface area contributed by atoms with Crippen molar-refractivity contribution in [2.45, 2.75) is 56.7 Å². The fraction of sp³-hybridized carbons (Fsp3) is 0.520. The standard InChI is InChI=1S/C25H27F5N2O3/c1-16(22(33)8-10-25(28,29)30)17-2-4-19(5-3-17)35-21-9-11-32(14-21)23-7-6-20(13-31-23)34-15-18-12-24(18,26)27/h2-7,13,16,18,21H,8-12,14-15H2,1H3/t16?,18?,21-/m1/s1. The van der Waals surface area contributed by atoms with Crippen LogP contribution >= 0.6 is 0 Å². The number of aromatic nitrogens is 1. The maximum absolute atomic E-state index is 12.9. The monoisotopic (exact) mass is 498 g/mol. The van der Waals surface area contributed by atoms with Crippen LogP contribution in [0.15, 0.2) is 42.6 Å². The second kappa shape index (κ2) is 9.99. The summed E-state index contributed by atoms with van der Waals surface area (Å²) in [5.74, 6) is -2.58. The molecule has 1 aromatic carbocycles. The molecule has 2 aliphatic rings. The van der Waals surface area contributed by atoms with E-state index in [0.717, 1.165) is 18.8 Å². The Morgan fingerprint density at radius 3 is 2.46 bits per heavy atom. The lowest BCUT2D eigenvalue weighted by atomic mass is 9.94. The molecule has 1 aromatic heterocycles. The molecule has 0 amide bonds. The molecule has 1 aliphatic carbocycles. The van der Waals surface area contributed by atoms with E-state index in [9.17, 15) is 26.7 Å². The minimum Gasteiger partial charge on any atom is -0.491 e. The molecule has 0 spiro atoms. The number of hydrogen-bond acceptors (Lipinski definition) is 5. The molecule has 5 nitrogen and oxygen atoms in total. The van der Waals surface area contributed by atoms with Crippen molar-refractivity contribution in [1.82, 2.24) is 4.98 Å². The van der Waals surface area contributed by atoms with Gasteiger partial charge in [-0.3, -0.25) is 4.79 Å². The summed E-state index contributed by atoms with van der Waals surface area (Å²) in [4.78, 5) is 18.5. The number of halogens is 5. The minimum absolute atomic E-state index is 0.0209. The number of benzene rings is 1. The van der Waals surface area contributed by atoms with E-state index in [1.165, 1.54) is 6.20 Å². The second-order valence-corrected chi connectivity index (χ2v) is 9.17. The summed E-state index contributed by atoms with van der Waals surface area (Å²) >= 11 is 0. The highest BCUT2D eigenvalue weighted by molar-refractivity contribution is 5.85. The van der Waals surface area contributed by atoms with Gasteiger partial charge in [0, 0.05) is 31.7 Å². The van der Waals surface area contributed by atoms with E-state index in [1.807, 2.05) is 0 Å². The van der Waals surface area contributed by atoms with Gasteiger partial charge in [-0.15, -0.1) is 0 Å². The molecule has 1 aliphatic heterocycles. The van der Waals surface area contributed by atoms with Gasteiger partial charge in [0.2, 0.25) is 0 Å². The topological polar surface area (TPSA) is 51.7 Å². The number of ether oxygens (including phenoxy) is 2. The fourth-order valence-electron chi connectivity index (χ4n) is 4.02. The molecule has 3 atom stereocenters. The summed E-state index contributed by atoms with van der Waals surface area (Å²) in [6, 6.07) is 10.4. The first kappa shape index (κ1) is 25.2. The van der Waals surface area contributed by atoms with Crippen LogP contribution in [0.4, 0.5) is 27.8 Å². The first-order valence-electron chi connectivity index (χ1n) is 11.6. The normalized spacial score (nSPS) is 22.1. The summed E-state index contributed by atoms with van der Waals surface area (Å²) in [7, 11) is 0. The summed E-state index contributed by atoms with van der Waals surface area (Å²) in [5, 5.41) is 0. The number of pyridine rings is 1. The SMILES string of the molecule is CC(C(=O)CCC(F)(F)F)c1ccc(O[C@@H]2CCN(c3ccc(OCC4CC4(F)F)cn3)C2)cc1. The number of nitrogens with zero attached hydrogens (tertiary/aromatic N) is 2. The lowest BCUT2D eigenvalue weighted by Crippen LogP contribution is -2.25. The Bertz CT molecular complexity index is 1010. The highest BCUT2D eigenvalue weighted by atomic mass is 19.4. The smallest absolute Gasteiger partial charge is 0.389 e. The minimum atomic E-state index is -4.34. The highest BCUT2D eigenvalue weighted by Gasteiger charge is 2.57. The third-order valence-electron chi connectivity index (χ3n) is 6.42. The van der Waals surface area contributed by atoms with Gasteiger partial charge in [-0.05, 0) is 29.8 Å². The van der Waals surface area contributed by atoms with Gasteiger partial charge in [0.1, 0.15) is 29.2 Å². The van der Waals surface area contributed by atoms with Gasteiger partial charge < -0.3 is 14.4 Å². The molecule has 2 unspecified atom stereocenters. The fourth-order valence-corrected chi connectivity index (χ4v) is 4.02. The molecule has 35 heavy (non-hydrogen) atoms. The molecule has 0 N–H and O–H groups in total. The first-order valence-corrected chi connectivity index (χ1v) is 11.6. The van der Waals surface area contributed by atoms with E-state index in [0.29, 0.717) is 23.6 Å². The van der Waals surface area contributed by atoms with Gasteiger partial charge in [0.05, 0.1) is 31.7 Å². The Hall–Kier alpha value is -2.91. The molecule has 2 fully saturated rings. The van der Waals surface area contributed by atoms with Crippen LogP contribution in [0, 0.1) is 5.92 Å². The maximum Gasteiger partial charge on any atom is 0.389 e. The molecule has 10 heteroatoms. The molecule has 0 bridgehead atoms. The Balaban J connectivity index is 1.24. The van der Waals surface area contributed by atoms with Crippen molar-refractivity contribution in [2.75, 3.05) is 24.6 Å². The molecular weight excluding hydrogens is 471 g/mol. The molecule has 0 radical (unpaired) electrons. The first-order chi connectivity index (χ1) is 16.5. The summed E-state index contributed by atoms with van der Waals surface area (Å²) in [6.07, 6.45) is -3.90. The van der Waals surface area contributed by atoms with Crippen molar-refractivity contribution in [3.8, 4) is 11.5 Å². The van der Waals surface area contributed by atoms with E-state index in [4.69, 9.17) is 9.47 Å². The quantitative estimate of drug-likeness (QED) is 0.388. The molecule has 190 valence electrons. The predicted octanol–water partition coefficient (Wildman–Crippen LogP) is 5.79. The largest absolute Gasteiger partial charge is 0.491 e. The highest BCUT2D eigenvalue weighted by Crippen LogP contribution is 2.48. The predicted molar refractivity (Wildman–Crippen MR) is 119 cm³/mol. The number of carbonyl (C=O) groups excluding carboxylic acids is 1. The summed E-state index contributed by atoms with van der Waals surface area (Å²) in [6.45, 7) is 2.92. The summed E-state index contributed by atoms with van der Waals surface area (Å²) in [5.41, 5.74) is 0.648. The van der Waals surface area contributed by atoms with Crippen LogP contribution < -0.4 is 14.4 Å². The van der Waals surface area contributed by atoms with Crippen LogP contribution in [0.1, 0.15) is 44.1 Å². The maximum atomic E-state index is 12.9. The van der Waals surface area contributed by atoms with Crippen LogP contribution in [0.25, 0.3) is 0 Å². The zero-order valence-electron chi connectivity index (χ0n) is 19.2. The lowest BCUT2D eigenvalue weighted by Gasteiger charge is -2.19. The van der Waals surface area contributed by atoms with Crippen molar-refractivity contribution in [3.63, 3.8) is 0 Å².